The van der Waals surface area contributed by atoms with Gasteiger partial charge in [-0.15, -0.1) is 4.40 Å². The van der Waals surface area contributed by atoms with Gasteiger partial charge in [-0.3, -0.25) is 4.79 Å². The van der Waals surface area contributed by atoms with Gasteiger partial charge in [0.2, 0.25) is 5.91 Å². The fourth-order valence-electron chi connectivity index (χ4n) is 3.21. The Kier molecular flexibility index (Phi) is 7.08. The standard InChI is InChI=1S/C21H24BrN3O3S/c1-25-12-4-2-3-11-20(25)24-29(27,28)19-10-6-9-18(15-19)23-21(26)14-16-7-5-8-17(22)13-16/h5-10,13,15H,2-4,11-12,14H2,1H3,(H,23,26). The van der Waals surface area contributed by atoms with Crippen molar-refractivity contribution < 1.29 is 13.2 Å². The molecule has 2 aromatic rings. The van der Waals surface area contributed by atoms with Gasteiger partial charge in [0, 0.05) is 30.2 Å². The first-order chi connectivity index (χ1) is 13.8. The van der Waals surface area contributed by atoms with Gasteiger partial charge in [0.1, 0.15) is 5.84 Å². The molecule has 1 saturated heterocycles. The fraction of sp³-hybridized carbons (Fsp3) is 0.333. The van der Waals surface area contributed by atoms with Gasteiger partial charge >= 0.3 is 0 Å². The molecule has 0 radical (unpaired) electrons. The zero-order chi connectivity index (χ0) is 20.9. The molecule has 0 unspecified atom stereocenters. The zero-order valence-electron chi connectivity index (χ0n) is 16.3. The fourth-order valence-corrected chi connectivity index (χ4v) is 4.79. The third-order valence-corrected chi connectivity index (χ3v) is 6.52. The summed E-state index contributed by atoms with van der Waals surface area (Å²) in [5.41, 5.74) is 1.30. The Morgan fingerprint density at radius 1 is 1.14 bits per heavy atom. The molecule has 154 valence electrons. The van der Waals surface area contributed by atoms with Gasteiger partial charge in [0.25, 0.3) is 10.0 Å². The van der Waals surface area contributed by atoms with E-state index in [0.717, 1.165) is 35.8 Å². The molecular weight excluding hydrogens is 454 g/mol. The Bertz CT molecular complexity index is 1020. The van der Waals surface area contributed by atoms with Crippen molar-refractivity contribution in [3.8, 4) is 0 Å². The Morgan fingerprint density at radius 3 is 2.72 bits per heavy atom. The molecule has 0 aromatic heterocycles. The maximum atomic E-state index is 12.8. The van der Waals surface area contributed by atoms with E-state index in [1.807, 2.05) is 36.2 Å². The van der Waals surface area contributed by atoms with E-state index in [2.05, 4.69) is 25.6 Å². The second-order valence-corrected chi connectivity index (χ2v) is 9.62. The van der Waals surface area contributed by atoms with Crippen molar-refractivity contribution in [2.75, 3.05) is 18.9 Å². The Morgan fingerprint density at radius 2 is 1.93 bits per heavy atom. The highest BCUT2D eigenvalue weighted by atomic mass is 79.9. The van der Waals surface area contributed by atoms with Gasteiger partial charge < -0.3 is 10.2 Å². The summed E-state index contributed by atoms with van der Waals surface area (Å²) in [7, 11) is -1.97. The monoisotopic (exact) mass is 477 g/mol. The smallest absolute Gasteiger partial charge is 0.284 e. The summed E-state index contributed by atoms with van der Waals surface area (Å²) in [6, 6.07) is 13.7. The van der Waals surface area contributed by atoms with E-state index in [1.165, 1.54) is 12.1 Å². The molecule has 1 N–H and O–H groups in total. The van der Waals surface area contributed by atoms with E-state index in [-0.39, 0.29) is 17.2 Å². The number of sulfonamides is 1. The molecule has 0 atom stereocenters. The van der Waals surface area contributed by atoms with Crippen LogP contribution in [-0.4, -0.2) is 38.7 Å². The molecule has 3 rings (SSSR count). The summed E-state index contributed by atoms with van der Waals surface area (Å²) >= 11 is 3.39. The topological polar surface area (TPSA) is 78.8 Å². The summed E-state index contributed by atoms with van der Waals surface area (Å²) in [5, 5.41) is 2.77. The summed E-state index contributed by atoms with van der Waals surface area (Å²) in [6.45, 7) is 0.806. The molecule has 1 aliphatic rings. The molecule has 0 bridgehead atoms. The van der Waals surface area contributed by atoms with Gasteiger partial charge in [-0.05, 0) is 48.7 Å². The van der Waals surface area contributed by atoms with Crippen LogP contribution in [0.15, 0.2) is 62.3 Å². The average Bonchev–Trinajstić information content (AvgIpc) is 2.86. The number of hydrogen-bond acceptors (Lipinski definition) is 3. The van der Waals surface area contributed by atoms with E-state index in [4.69, 9.17) is 0 Å². The van der Waals surface area contributed by atoms with E-state index < -0.39 is 10.0 Å². The number of anilines is 1. The number of amides is 1. The molecule has 1 aliphatic heterocycles. The van der Waals surface area contributed by atoms with Crippen LogP contribution in [0, 0.1) is 0 Å². The number of halogens is 1. The molecule has 0 aliphatic carbocycles. The van der Waals surface area contributed by atoms with Crippen LogP contribution in [0.25, 0.3) is 0 Å². The number of carbonyl (C=O) groups is 1. The molecule has 1 fully saturated rings. The number of amidine groups is 1. The van der Waals surface area contributed by atoms with Crippen LogP contribution < -0.4 is 5.32 Å². The molecule has 1 amide bonds. The van der Waals surface area contributed by atoms with Crippen LogP contribution in [0.3, 0.4) is 0 Å². The van der Waals surface area contributed by atoms with Crippen LogP contribution in [-0.2, 0) is 21.2 Å². The summed E-state index contributed by atoms with van der Waals surface area (Å²) in [4.78, 5) is 14.3. The van der Waals surface area contributed by atoms with Gasteiger partial charge in [-0.2, -0.15) is 8.42 Å². The van der Waals surface area contributed by atoms with E-state index in [9.17, 15) is 13.2 Å². The second kappa shape index (κ2) is 9.54. The molecular formula is C21H24BrN3O3S. The molecule has 0 saturated carbocycles. The van der Waals surface area contributed by atoms with Gasteiger partial charge in [-0.25, -0.2) is 0 Å². The number of nitrogens with one attached hydrogen (secondary N) is 1. The third-order valence-electron chi connectivity index (χ3n) is 4.73. The minimum absolute atomic E-state index is 0.0721. The SMILES string of the molecule is CN1CCCCCC1=NS(=O)(=O)c1cccc(NC(=O)Cc2cccc(Br)c2)c1. The van der Waals surface area contributed by atoms with Gasteiger partial charge in [0.15, 0.2) is 0 Å². The van der Waals surface area contributed by atoms with Crippen molar-refractivity contribution in [1.82, 2.24) is 4.90 Å². The highest BCUT2D eigenvalue weighted by molar-refractivity contribution is 9.10. The van der Waals surface area contributed by atoms with Crippen LogP contribution in [0.4, 0.5) is 5.69 Å². The number of rotatable bonds is 5. The Balaban J connectivity index is 1.75. The highest BCUT2D eigenvalue weighted by Crippen LogP contribution is 2.20. The largest absolute Gasteiger partial charge is 0.362 e. The second-order valence-electron chi connectivity index (χ2n) is 7.10. The van der Waals surface area contributed by atoms with E-state index in [1.54, 1.807) is 12.1 Å². The van der Waals surface area contributed by atoms with Crippen LogP contribution >= 0.6 is 15.9 Å². The first-order valence-corrected chi connectivity index (χ1v) is 11.8. The van der Waals surface area contributed by atoms with Gasteiger partial charge in [0.05, 0.1) is 11.3 Å². The number of likely N-dealkylation sites (tertiary alicyclic amines) is 1. The third kappa shape index (κ3) is 6.14. The van der Waals surface area contributed by atoms with Crippen molar-refractivity contribution in [1.29, 1.82) is 0 Å². The normalized spacial score (nSPS) is 16.5. The van der Waals surface area contributed by atoms with Crippen LogP contribution in [0.1, 0.15) is 31.2 Å². The minimum Gasteiger partial charge on any atom is -0.362 e. The zero-order valence-corrected chi connectivity index (χ0v) is 18.7. The average molecular weight is 478 g/mol. The van der Waals surface area contributed by atoms with Crippen molar-refractivity contribution in [3.05, 3.63) is 58.6 Å². The molecule has 0 spiro atoms. The van der Waals surface area contributed by atoms with Crippen LogP contribution in [0.5, 0.6) is 0 Å². The van der Waals surface area contributed by atoms with Gasteiger partial charge in [-0.1, -0.05) is 40.5 Å². The van der Waals surface area contributed by atoms with Crippen molar-refractivity contribution in [2.24, 2.45) is 4.40 Å². The lowest BCUT2D eigenvalue weighted by Crippen LogP contribution is -2.26. The Labute approximate surface area is 180 Å². The molecule has 8 heteroatoms. The lowest BCUT2D eigenvalue weighted by molar-refractivity contribution is -0.115. The predicted octanol–water partition coefficient (Wildman–Crippen LogP) is 4.22. The quantitative estimate of drug-likeness (QED) is 0.698. The van der Waals surface area contributed by atoms with Crippen molar-refractivity contribution >= 4 is 43.4 Å². The number of carbonyl (C=O) groups excluding carboxylic acids is 1. The first kappa shape index (κ1) is 21.5. The maximum absolute atomic E-state index is 12.8. The number of benzene rings is 2. The van der Waals surface area contributed by atoms with E-state index in [0.29, 0.717) is 17.9 Å². The van der Waals surface area contributed by atoms with E-state index >= 15 is 0 Å². The molecule has 1 heterocycles. The maximum Gasteiger partial charge on any atom is 0.284 e. The molecule has 2 aromatic carbocycles. The van der Waals surface area contributed by atoms with Crippen molar-refractivity contribution in [2.45, 2.75) is 37.0 Å². The lowest BCUT2D eigenvalue weighted by atomic mass is 10.1. The summed E-state index contributed by atoms with van der Waals surface area (Å²) < 4.78 is 30.6. The highest BCUT2D eigenvalue weighted by Gasteiger charge is 2.19. The number of hydrogen-bond donors (Lipinski definition) is 1. The molecule has 6 nitrogen and oxygen atoms in total. The number of nitrogens with zero attached hydrogens (tertiary/aromatic N) is 2. The Hall–Kier alpha value is -2.19. The molecule has 29 heavy (non-hydrogen) atoms. The summed E-state index contributed by atoms with van der Waals surface area (Å²) in [5.74, 6) is 0.374. The summed E-state index contributed by atoms with van der Waals surface area (Å²) in [6.07, 6.45) is 3.89. The van der Waals surface area contributed by atoms with Crippen molar-refractivity contribution in [3.63, 3.8) is 0 Å². The first-order valence-electron chi connectivity index (χ1n) is 9.53. The van der Waals surface area contributed by atoms with Crippen LogP contribution in [0.2, 0.25) is 0 Å². The minimum atomic E-state index is -3.84. The lowest BCUT2D eigenvalue weighted by Gasteiger charge is -2.17. The predicted molar refractivity (Wildman–Crippen MR) is 119 cm³/mol.